The van der Waals surface area contributed by atoms with Gasteiger partial charge in [-0.1, -0.05) is 44.2 Å². The van der Waals surface area contributed by atoms with Gasteiger partial charge in [-0.3, -0.25) is 14.6 Å². The van der Waals surface area contributed by atoms with Gasteiger partial charge in [-0.25, -0.2) is 0 Å². The van der Waals surface area contributed by atoms with Crippen molar-refractivity contribution < 1.29 is 14.3 Å². The lowest BCUT2D eigenvalue weighted by Crippen LogP contribution is -2.36. The molecule has 0 saturated carbocycles. The molecule has 1 atom stereocenters. The number of anilines is 1. The Morgan fingerprint density at radius 3 is 2.39 bits per heavy atom. The fourth-order valence-corrected chi connectivity index (χ4v) is 3.00. The fraction of sp³-hybridized carbons (Fsp3) is 0.240. The van der Waals surface area contributed by atoms with Crippen molar-refractivity contribution in [3.8, 4) is 5.75 Å². The molecule has 0 spiro atoms. The van der Waals surface area contributed by atoms with Crippen LogP contribution in [0.4, 0.5) is 5.69 Å². The molecule has 6 nitrogen and oxygen atoms in total. The van der Waals surface area contributed by atoms with E-state index in [-0.39, 0.29) is 18.4 Å². The van der Waals surface area contributed by atoms with E-state index in [9.17, 15) is 9.59 Å². The van der Waals surface area contributed by atoms with E-state index in [0.29, 0.717) is 22.9 Å². The van der Waals surface area contributed by atoms with Gasteiger partial charge in [0.2, 0.25) is 0 Å². The van der Waals surface area contributed by atoms with Crippen molar-refractivity contribution in [3.05, 3.63) is 89.7 Å². The van der Waals surface area contributed by atoms with Gasteiger partial charge in [-0.05, 0) is 54.3 Å². The summed E-state index contributed by atoms with van der Waals surface area (Å²) in [5.41, 5.74) is 3.11. The molecule has 0 fully saturated rings. The Bertz CT molecular complexity index is 1020. The molecule has 0 aliphatic carbocycles. The van der Waals surface area contributed by atoms with Crippen molar-refractivity contribution in [2.24, 2.45) is 0 Å². The smallest absolute Gasteiger partial charge is 0.261 e. The molecule has 2 N–H and O–H groups in total. The van der Waals surface area contributed by atoms with Crippen LogP contribution in [0.1, 0.15) is 48.2 Å². The SMILES string of the molecule is CC(Oc1ccc(C(C)C)cc1)C(=O)NCc1ccccc1NC(=O)c1cccnc1. The number of amides is 2. The molecule has 0 bridgehead atoms. The van der Waals surface area contributed by atoms with Crippen LogP contribution < -0.4 is 15.4 Å². The van der Waals surface area contributed by atoms with Crippen LogP contribution in [-0.4, -0.2) is 22.9 Å². The number of benzene rings is 2. The van der Waals surface area contributed by atoms with Crippen molar-refractivity contribution in [1.82, 2.24) is 10.3 Å². The van der Waals surface area contributed by atoms with Crippen LogP contribution in [0, 0.1) is 0 Å². The molecular weight excluding hydrogens is 390 g/mol. The quantitative estimate of drug-likeness (QED) is 0.564. The van der Waals surface area contributed by atoms with E-state index in [2.05, 4.69) is 29.5 Å². The van der Waals surface area contributed by atoms with Crippen LogP contribution in [-0.2, 0) is 11.3 Å². The van der Waals surface area contributed by atoms with E-state index in [1.165, 1.54) is 11.8 Å². The van der Waals surface area contributed by atoms with Gasteiger partial charge >= 0.3 is 0 Å². The number of carbonyl (C=O) groups excluding carboxylic acids is 2. The number of carbonyl (C=O) groups is 2. The molecule has 160 valence electrons. The normalized spacial score (nSPS) is 11.6. The van der Waals surface area contributed by atoms with Gasteiger partial charge in [0.15, 0.2) is 6.10 Å². The molecular formula is C25H27N3O3. The van der Waals surface area contributed by atoms with Gasteiger partial charge < -0.3 is 15.4 Å². The summed E-state index contributed by atoms with van der Waals surface area (Å²) in [7, 11) is 0. The lowest BCUT2D eigenvalue weighted by atomic mass is 10.0. The van der Waals surface area contributed by atoms with Gasteiger partial charge in [0.25, 0.3) is 11.8 Å². The van der Waals surface area contributed by atoms with Crippen molar-refractivity contribution >= 4 is 17.5 Å². The topological polar surface area (TPSA) is 80.3 Å². The third-order valence-electron chi connectivity index (χ3n) is 4.87. The maximum absolute atomic E-state index is 12.5. The molecule has 1 unspecified atom stereocenters. The van der Waals surface area contributed by atoms with Gasteiger partial charge in [0.1, 0.15) is 5.75 Å². The summed E-state index contributed by atoms with van der Waals surface area (Å²) in [6.07, 6.45) is 2.47. The first-order valence-electron chi connectivity index (χ1n) is 10.3. The van der Waals surface area contributed by atoms with Crippen LogP contribution in [0.15, 0.2) is 73.1 Å². The zero-order chi connectivity index (χ0) is 22.2. The predicted octanol–water partition coefficient (Wildman–Crippen LogP) is 4.54. The molecule has 3 aromatic rings. The summed E-state index contributed by atoms with van der Waals surface area (Å²) in [5, 5.41) is 5.75. The molecule has 2 aromatic carbocycles. The van der Waals surface area contributed by atoms with Crippen LogP contribution in [0.3, 0.4) is 0 Å². The predicted molar refractivity (Wildman–Crippen MR) is 121 cm³/mol. The maximum Gasteiger partial charge on any atom is 0.261 e. The van der Waals surface area contributed by atoms with Gasteiger partial charge in [-0.2, -0.15) is 0 Å². The van der Waals surface area contributed by atoms with Gasteiger partial charge in [0.05, 0.1) is 5.56 Å². The number of ether oxygens (including phenoxy) is 1. The van der Waals surface area contributed by atoms with Gasteiger partial charge in [-0.15, -0.1) is 0 Å². The van der Waals surface area contributed by atoms with Crippen molar-refractivity contribution in [2.45, 2.75) is 39.3 Å². The molecule has 0 saturated heterocycles. The van der Waals surface area contributed by atoms with Crippen molar-refractivity contribution in [3.63, 3.8) is 0 Å². The lowest BCUT2D eigenvalue weighted by Gasteiger charge is -2.16. The third-order valence-corrected chi connectivity index (χ3v) is 4.87. The largest absolute Gasteiger partial charge is 0.481 e. The van der Waals surface area contributed by atoms with Crippen LogP contribution in [0.2, 0.25) is 0 Å². The number of hydrogen-bond donors (Lipinski definition) is 2. The Morgan fingerprint density at radius 1 is 0.968 bits per heavy atom. The molecule has 0 aliphatic rings. The molecule has 6 heteroatoms. The first-order chi connectivity index (χ1) is 14.9. The second-order valence-electron chi connectivity index (χ2n) is 7.55. The van der Waals surface area contributed by atoms with Crippen molar-refractivity contribution in [1.29, 1.82) is 0 Å². The Morgan fingerprint density at radius 2 is 1.71 bits per heavy atom. The highest BCUT2D eigenvalue weighted by atomic mass is 16.5. The summed E-state index contributed by atoms with van der Waals surface area (Å²) in [6, 6.07) is 18.5. The molecule has 31 heavy (non-hydrogen) atoms. The number of pyridine rings is 1. The number of para-hydroxylation sites is 1. The van der Waals surface area contributed by atoms with Crippen LogP contribution in [0.25, 0.3) is 0 Å². The minimum absolute atomic E-state index is 0.235. The minimum atomic E-state index is -0.651. The second-order valence-corrected chi connectivity index (χ2v) is 7.55. The first-order valence-corrected chi connectivity index (χ1v) is 10.3. The Hall–Kier alpha value is -3.67. The Kier molecular flexibility index (Phi) is 7.38. The number of nitrogens with zero attached hydrogens (tertiary/aromatic N) is 1. The minimum Gasteiger partial charge on any atom is -0.481 e. The average Bonchev–Trinajstić information content (AvgIpc) is 2.79. The molecule has 3 rings (SSSR count). The molecule has 0 radical (unpaired) electrons. The maximum atomic E-state index is 12.5. The average molecular weight is 418 g/mol. The fourth-order valence-electron chi connectivity index (χ4n) is 3.00. The van der Waals surface area contributed by atoms with Crippen LogP contribution in [0.5, 0.6) is 5.75 Å². The van der Waals surface area contributed by atoms with E-state index in [1.54, 1.807) is 31.3 Å². The highest BCUT2D eigenvalue weighted by Crippen LogP contribution is 2.20. The standard InChI is InChI=1S/C25H27N3O3/c1-17(2)19-10-12-22(13-11-19)31-18(3)24(29)27-16-20-7-4-5-9-23(20)28-25(30)21-8-6-14-26-15-21/h4-15,17-18H,16H2,1-3H3,(H,27,29)(H,28,30). The number of hydrogen-bond acceptors (Lipinski definition) is 4. The molecule has 1 heterocycles. The van der Waals surface area contributed by atoms with Gasteiger partial charge in [0, 0.05) is 24.6 Å². The number of aromatic nitrogens is 1. The van der Waals surface area contributed by atoms with E-state index in [0.717, 1.165) is 5.56 Å². The summed E-state index contributed by atoms with van der Waals surface area (Å²) < 4.78 is 5.76. The second kappa shape index (κ2) is 10.4. The Balaban J connectivity index is 1.58. The highest BCUT2D eigenvalue weighted by molar-refractivity contribution is 6.04. The number of nitrogens with one attached hydrogen (secondary N) is 2. The van der Waals surface area contributed by atoms with Crippen LogP contribution >= 0.6 is 0 Å². The van der Waals surface area contributed by atoms with E-state index in [1.807, 2.05) is 42.5 Å². The number of rotatable bonds is 8. The summed E-state index contributed by atoms with van der Waals surface area (Å²) in [6.45, 7) is 6.23. The summed E-state index contributed by atoms with van der Waals surface area (Å²) in [4.78, 5) is 28.9. The summed E-state index contributed by atoms with van der Waals surface area (Å²) in [5.74, 6) is 0.597. The highest BCUT2D eigenvalue weighted by Gasteiger charge is 2.16. The monoisotopic (exact) mass is 417 g/mol. The van der Waals surface area contributed by atoms with E-state index in [4.69, 9.17) is 4.74 Å². The molecule has 0 aliphatic heterocycles. The Labute approximate surface area is 182 Å². The van der Waals surface area contributed by atoms with E-state index >= 15 is 0 Å². The zero-order valence-electron chi connectivity index (χ0n) is 18.0. The summed E-state index contributed by atoms with van der Waals surface area (Å²) >= 11 is 0. The molecule has 2 amide bonds. The third kappa shape index (κ3) is 6.15. The first kappa shape index (κ1) is 22.0. The van der Waals surface area contributed by atoms with Crippen molar-refractivity contribution in [2.75, 3.05) is 5.32 Å². The zero-order valence-corrected chi connectivity index (χ0v) is 18.0. The lowest BCUT2D eigenvalue weighted by molar-refractivity contribution is -0.127. The van der Waals surface area contributed by atoms with E-state index < -0.39 is 6.10 Å². The molecule has 1 aromatic heterocycles.